The molecule has 31 heavy (non-hydrogen) atoms. The van der Waals surface area contributed by atoms with Crippen LogP contribution in [0.1, 0.15) is 12.8 Å². The number of benzene rings is 2. The molecule has 1 aromatic heterocycles. The quantitative estimate of drug-likeness (QED) is 0.570. The Kier molecular flexibility index (Phi) is 6.63. The van der Waals surface area contributed by atoms with Gasteiger partial charge >= 0.3 is 0 Å². The van der Waals surface area contributed by atoms with Crippen molar-refractivity contribution < 1.29 is 9.59 Å². The summed E-state index contributed by atoms with van der Waals surface area (Å²) in [4.78, 5) is 30.7. The summed E-state index contributed by atoms with van der Waals surface area (Å²) in [5.41, 5.74) is 8.27. The molecule has 8 heteroatoms. The summed E-state index contributed by atoms with van der Waals surface area (Å²) in [7, 11) is 0. The van der Waals surface area contributed by atoms with E-state index in [4.69, 9.17) is 17.3 Å². The number of rotatable bonds is 6. The minimum absolute atomic E-state index is 0.0159. The molecule has 2 amide bonds. The zero-order chi connectivity index (χ0) is 21.8. The standard InChI is InChI=1S/C23H23ClN4O2S/c24-18-9-4-10-19(12-18)28-20(16-6-2-1-3-7-16)13-26-23(28)31-15-21(29)27-11-5-8-17(14-27)22(25)30/h1-4,6-7,9-10,12-13,17H,5,8,11,14-15H2,(H2,25,30)/t17-/m1/s1. The van der Waals surface area contributed by atoms with Gasteiger partial charge in [-0.25, -0.2) is 4.98 Å². The third kappa shape index (κ3) is 4.94. The van der Waals surface area contributed by atoms with Crippen LogP contribution in [0.25, 0.3) is 16.9 Å². The van der Waals surface area contributed by atoms with Gasteiger partial charge in [-0.15, -0.1) is 0 Å². The first-order chi connectivity index (χ1) is 15.0. The van der Waals surface area contributed by atoms with Gasteiger partial charge in [0.25, 0.3) is 0 Å². The summed E-state index contributed by atoms with van der Waals surface area (Å²) in [5.74, 6) is -0.384. The van der Waals surface area contributed by atoms with Crippen LogP contribution in [0.2, 0.25) is 5.02 Å². The molecule has 0 unspecified atom stereocenters. The van der Waals surface area contributed by atoms with Crippen molar-refractivity contribution in [2.24, 2.45) is 11.7 Å². The van der Waals surface area contributed by atoms with Crippen LogP contribution < -0.4 is 5.73 Å². The molecule has 0 radical (unpaired) electrons. The zero-order valence-electron chi connectivity index (χ0n) is 16.9. The lowest BCUT2D eigenvalue weighted by atomic mass is 9.97. The summed E-state index contributed by atoms with van der Waals surface area (Å²) in [6.45, 7) is 1.05. The van der Waals surface area contributed by atoms with E-state index in [2.05, 4.69) is 4.98 Å². The number of halogens is 1. The molecule has 1 fully saturated rings. The fourth-order valence-electron chi connectivity index (χ4n) is 3.77. The average molecular weight is 455 g/mol. The Morgan fingerprint density at radius 1 is 1.16 bits per heavy atom. The molecule has 1 atom stereocenters. The molecule has 3 aromatic rings. The number of carbonyl (C=O) groups excluding carboxylic acids is 2. The zero-order valence-corrected chi connectivity index (χ0v) is 18.5. The van der Waals surface area contributed by atoms with E-state index < -0.39 is 0 Å². The van der Waals surface area contributed by atoms with E-state index in [1.54, 1.807) is 4.90 Å². The number of nitrogens with zero attached hydrogens (tertiary/aromatic N) is 3. The minimum atomic E-state index is -0.339. The second-order valence-corrected chi connectivity index (χ2v) is 8.86. The fraction of sp³-hybridized carbons (Fsp3) is 0.261. The first-order valence-electron chi connectivity index (χ1n) is 10.1. The molecule has 2 N–H and O–H groups in total. The molecular formula is C23H23ClN4O2S. The van der Waals surface area contributed by atoms with Crippen LogP contribution in [-0.2, 0) is 9.59 Å². The topological polar surface area (TPSA) is 81.2 Å². The average Bonchev–Trinajstić information content (AvgIpc) is 3.22. The van der Waals surface area contributed by atoms with Gasteiger partial charge in [-0.2, -0.15) is 0 Å². The number of piperidine rings is 1. The molecule has 1 aliphatic rings. The first-order valence-corrected chi connectivity index (χ1v) is 11.5. The molecule has 0 saturated carbocycles. The second-order valence-electron chi connectivity index (χ2n) is 7.48. The van der Waals surface area contributed by atoms with E-state index in [1.807, 2.05) is 65.4 Å². The molecule has 0 spiro atoms. The molecule has 160 valence electrons. The van der Waals surface area contributed by atoms with Crippen LogP contribution in [0.15, 0.2) is 66.0 Å². The molecule has 2 heterocycles. The molecular weight excluding hydrogens is 432 g/mol. The van der Waals surface area contributed by atoms with Gasteiger partial charge in [-0.1, -0.05) is 59.8 Å². The summed E-state index contributed by atoms with van der Waals surface area (Å²) in [6.07, 6.45) is 3.35. The maximum Gasteiger partial charge on any atom is 0.233 e. The molecule has 6 nitrogen and oxygen atoms in total. The van der Waals surface area contributed by atoms with Crippen molar-refractivity contribution in [1.29, 1.82) is 0 Å². The fourth-order valence-corrected chi connectivity index (χ4v) is 4.85. The highest BCUT2D eigenvalue weighted by atomic mass is 35.5. The van der Waals surface area contributed by atoms with Gasteiger partial charge < -0.3 is 10.6 Å². The Bertz CT molecular complexity index is 1090. The SMILES string of the molecule is NC(=O)[C@@H]1CCCN(C(=O)CSc2ncc(-c3ccccc3)n2-c2cccc(Cl)c2)C1. The summed E-state index contributed by atoms with van der Waals surface area (Å²) < 4.78 is 2.02. The van der Waals surface area contributed by atoms with Gasteiger partial charge in [-0.3, -0.25) is 14.2 Å². The van der Waals surface area contributed by atoms with Crippen LogP contribution in [0.3, 0.4) is 0 Å². The number of hydrogen-bond donors (Lipinski definition) is 1. The second kappa shape index (κ2) is 9.58. The number of nitrogens with two attached hydrogens (primary N) is 1. The number of carbonyl (C=O) groups is 2. The van der Waals surface area contributed by atoms with Crippen LogP contribution in [0, 0.1) is 5.92 Å². The van der Waals surface area contributed by atoms with Crippen molar-refractivity contribution in [2.45, 2.75) is 18.0 Å². The Morgan fingerprint density at radius 2 is 1.97 bits per heavy atom. The Morgan fingerprint density at radius 3 is 2.71 bits per heavy atom. The predicted molar refractivity (Wildman–Crippen MR) is 123 cm³/mol. The van der Waals surface area contributed by atoms with Crippen molar-refractivity contribution in [3.63, 3.8) is 0 Å². The largest absolute Gasteiger partial charge is 0.369 e. The maximum atomic E-state index is 12.8. The summed E-state index contributed by atoms with van der Waals surface area (Å²) in [5, 5.41) is 1.33. The number of likely N-dealkylation sites (tertiary alicyclic amines) is 1. The lowest BCUT2D eigenvalue weighted by molar-refractivity contribution is -0.132. The monoisotopic (exact) mass is 454 g/mol. The van der Waals surface area contributed by atoms with Gasteiger partial charge in [0, 0.05) is 29.4 Å². The van der Waals surface area contributed by atoms with Crippen LogP contribution >= 0.6 is 23.4 Å². The highest BCUT2D eigenvalue weighted by Crippen LogP contribution is 2.31. The minimum Gasteiger partial charge on any atom is -0.369 e. The molecule has 2 aromatic carbocycles. The maximum absolute atomic E-state index is 12.8. The number of primary amides is 1. The Labute approximate surface area is 190 Å². The first kappa shape index (κ1) is 21.5. The number of thioether (sulfide) groups is 1. The molecule has 0 bridgehead atoms. The lowest BCUT2D eigenvalue weighted by Gasteiger charge is -2.31. The number of imidazole rings is 1. The summed E-state index contributed by atoms with van der Waals surface area (Å²) in [6, 6.07) is 17.5. The van der Waals surface area contributed by atoms with Crippen molar-refractivity contribution in [2.75, 3.05) is 18.8 Å². The molecule has 1 aliphatic heterocycles. The Hall–Kier alpha value is -2.77. The van der Waals surface area contributed by atoms with Crippen molar-refractivity contribution in [1.82, 2.24) is 14.5 Å². The van der Waals surface area contributed by atoms with Gasteiger partial charge in [0.1, 0.15) is 0 Å². The normalized spacial score (nSPS) is 16.3. The van der Waals surface area contributed by atoms with E-state index in [0.717, 1.165) is 29.8 Å². The van der Waals surface area contributed by atoms with E-state index in [-0.39, 0.29) is 23.5 Å². The number of aromatic nitrogens is 2. The smallest absolute Gasteiger partial charge is 0.233 e. The van der Waals surface area contributed by atoms with E-state index in [9.17, 15) is 9.59 Å². The summed E-state index contributed by atoms with van der Waals surface area (Å²) >= 11 is 7.62. The highest BCUT2D eigenvalue weighted by Gasteiger charge is 2.27. The number of amides is 2. The van der Waals surface area contributed by atoms with E-state index in [0.29, 0.717) is 23.3 Å². The number of hydrogen-bond acceptors (Lipinski definition) is 4. The molecule has 0 aliphatic carbocycles. The lowest BCUT2D eigenvalue weighted by Crippen LogP contribution is -2.44. The molecule has 4 rings (SSSR count). The highest BCUT2D eigenvalue weighted by molar-refractivity contribution is 7.99. The van der Waals surface area contributed by atoms with Crippen LogP contribution in [0.5, 0.6) is 0 Å². The third-order valence-corrected chi connectivity index (χ3v) is 6.54. The van der Waals surface area contributed by atoms with Crippen molar-refractivity contribution in [3.05, 3.63) is 65.8 Å². The van der Waals surface area contributed by atoms with Crippen LogP contribution in [0.4, 0.5) is 0 Å². The third-order valence-electron chi connectivity index (χ3n) is 5.37. The van der Waals surface area contributed by atoms with Crippen molar-refractivity contribution >= 4 is 35.2 Å². The van der Waals surface area contributed by atoms with Crippen molar-refractivity contribution in [3.8, 4) is 16.9 Å². The predicted octanol–water partition coefficient (Wildman–Crippen LogP) is 4.01. The van der Waals surface area contributed by atoms with Gasteiger partial charge in [-0.05, 0) is 31.0 Å². The van der Waals surface area contributed by atoms with E-state index >= 15 is 0 Å². The van der Waals surface area contributed by atoms with Gasteiger partial charge in [0.2, 0.25) is 11.8 Å². The van der Waals surface area contributed by atoms with Gasteiger partial charge in [0.05, 0.1) is 23.6 Å². The van der Waals surface area contributed by atoms with Gasteiger partial charge in [0.15, 0.2) is 5.16 Å². The molecule has 1 saturated heterocycles. The van der Waals surface area contributed by atoms with E-state index in [1.165, 1.54) is 11.8 Å². The van der Waals surface area contributed by atoms with Crippen LogP contribution in [-0.4, -0.2) is 45.1 Å². The Balaban J connectivity index is 1.58.